The average Bonchev–Trinajstić information content (AvgIpc) is 2.62. The van der Waals surface area contributed by atoms with Crippen molar-refractivity contribution in [1.82, 2.24) is 5.32 Å². The van der Waals surface area contributed by atoms with Crippen LogP contribution in [0.5, 0.6) is 0 Å². The van der Waals surface area contributed by atoms with Gasteiger partial charge in [-0.2, -0.15) is 15.4 Å². The van der Waals surface area contributed by atoms with Crippen molar-refractivity contribution in [3.05, 3.63) is 63.1 Å². The zero-order chi connectivity index (χ0) is 18.7. The van der Waals surface area contributed by atoms with Crippen LogP contribution in [0.4, 0.5) is 10.5 Å². The van der Waals surface area contributed by atoms with Crippen LogP contribution in [0.1, 0.15) is 16.7 Å². The Bertz CT molecular complexity index is 935. The van der Waals surface area contributed by atoms with Gasteiger partial charge in [-0.05, 0) is 48.4 Å². The summed E-state index contributed by atoms with van der Waals surface area (Å²) in [6.07, 6.45) is 3.34. The van der Waals surface area contributed by atoms with E-state index in [-0.39, 0.29) is 6.03 Å². The second-order valence-electron chi connectivity index (χ2n) is 5.64. The largest absolute Gasteiger partial charge is 0.342 e. The first-order valence-electron chi connectivity index (χ1n) is 7.78. The van der Waals surface area contributed by atoms with Gasteiger partial charge in [-0.1, -0.05) is 35.3 Å². The van der Waals surface area contributed by atoms with Gasteiger partial charge in [0.05, 0.1) is 28.9 Å². The fourth-order valence-corrected chi connectivity index (χ4v) is 3.13. The normalized spacial score (nSPS) is 14.2. The number of amides is 2. The zero-order valence-electron chi connectivity index (χ0n) is 13.8. The molecule has 0 fully saturated rings. The predicted molar refractivity (Wildman–Crippen MR) is 105 cm³/mol. The van der Waals surface area contributed by atoms with E-state index in [4.69, 9.17) is 23.2 Å². The van der Waals surface area contributed by atoms with E-state index in [1.165, 1.54) is 5.01 Å². The molecule has 26 heavy (non-hydrogen) atoms. The summed E-state index contributed by atoms with van der Waals surface area (Å²) >= 11 is 12.3. The number of allylic oxidation sites excluding steroid dienone is 1. The number of nitrogens with one attached hydrogen (secondary N) is 1. The fraction of sp³-hybridized carbons (Fsp3) is 0.105. The molecule has 3 rings (SSSR count). The molecule has 1 aliphatic heterocycles. The van der Waals surface area contributed by atoms with E-state index >= 15 is 0 Å². The van der Waals surface area contributed by atoms with Gasteiger partial charge in [-0.25, -0.2) is 4.79 Å². The molecule has 0 saturated heterocycles. The first-order chi connectivity index (χ1) is 12.5. The van der Waals surface area contributed by atoms with Crippen LogP contribution in [0, 0.1) is 18.3 Å². The van der Waals surface area contributed by atoms with Crippen LogP contribution in [0.3, 0.4) is 0 Å². The zero-order valence-corrected chi connectivity index (χ0v) is 15.3. The van der Waals surface area contributed by atoms with Crippen LogP contribution in [0.25, 0.3) is 11.6 Å². The van der Waals surface area contributed by atoms with Gasteiger partial charge in [0.15, 0.2) is 0 Å². The minimum absolute atomic E-state index is 0.326. The Morgan fingerprint density at radius 2 is 2.04 bits per heavy atom. The van der Waals surface area contributed by atoms with Gasteiger partial charge in [-0.15, -0.1) is 0 Å². The predicted octanol–water partition coefficient (Wildman–Crippen LogP) is 4.88. The highest BCUT2D eigenvalue weighted by molar-refractivity contribution is 6.33. The van der Waals surface area contributed by atoms with E-state index in [0.29, 0.717) is 33.4 Å². The van der Waals surface area contributed by atoms with Crippen LogP contribution < -0.4 is 10.3 Å². The number of nitrogens with zero attached hydrogens (tertiary/aromatic N) is 3. The molecule has 1 aliphatic rings. The Balaban J connectivity index is 2.03. The average molecular weight is 385 g/mol. The van der Waals surface area contributed by atoms with Crippen molar-refractivity contribution >= 4 is 52.8 Å². The summed E-state index contributed by atoms with van der Waals surface area (Å²) in [5, 5.41) is 18.6. The van der Waals surface area contributed by atoms with E-state index in [0.717, 1.165) is 11.1 Å². The number of carbonyl (C=O) groups excluding carboxylic acids is 1. The summed E-state index contributed by atoms with van der Waals surface area (Å²) in [7, 11) is 0. The summed E-state index contributed by atoms with van der Waals surface area (Å²) in [5.74, 6) is 0. The number of halogens is 2. The molecule has 0 aliphatic carbocycles. The first-order valence-corrected chi connectivity index (χ1v) is 8.53. The Kier molecular flexibility index (Phi) is 5.27. The van der Waals surface area contributed by atoms with Crippen LogP contribution in [-0.4, -0.2) is 18.8 Å². The minimum atomic E-state index is -0.326. The highest BCUT2D eigenvalue weighted by Gasteiger charge is 2.20. The van der Waals surface area contributed by atoms with Crippen molar-refractivity contribution in [1.29, 1.82) is 5.26 Å². The quantitative estimate of drug-likeness (QED) is 0.604. The number of urea groups is 1. The van der Waals surface area contributed by atoms with Crippen LogP contribution in [0.2, 0.25) is 10.0 Å². The second kappa shape index (κ2) is 7.61. The topological polar surface area (TPSA) is 68.5 Å². The summed E-state index contributed by atoms with van der Waals surface area (Å²) in [5.41, 5.74) is 3.18. The number of aryl methyl sites for hydroxylation is 1. The Labute approximate surface area is 161 Å². The molecule has 0 radical (unpaired) electrons. The van der Waals surface area contributed by atoms with E-state index < -0.39 is 0 Å². The first kappa shape index (κ1) is 18.0. The molecule has 1 N–H and O–H groups in total. The maximum atomic E-state index is 11.9. The number of nitriles is 1. The number of anilines is 1. The Morgan fingerprint density at radius 1 is 1.31 bits per heavy atom. The number of carbonyl (C=O) groups is 1. The van der Waals surface area contributed by atoms with Crippen LogP contribution >= 0.6 is 23.2 Å². The lowest BCUT2D eigenvalue weighted by molar-refractivity contribution is 0.247. The van der Waals surface area contributed by atoms with Gasteiger partial charge in [0.2, 0.25) is 0 Å². The van der Waals surface area contributed by atoms with Gasteiger partial charge in [0.25, 0.3) is 0 Å². The summed E-state index contributed by atoms with van der Waals surface area (Å²) in [6.45, 7) is 2.23. The summed E-state index contributed by atoms with van der Waals surface area (Å²) < 4.78 is 0. The number of hydrogen-bond donors (Lipinski definition) is 1. The summed E-state index contributed by atoms with van der Waals surface area (Å²) in [6, 6.07) is 12.4. The third-order valence-electron chi connectivity index (χ3n) is 3.82. The molecule has 7 heteroatoms. The van der Waals surface area contributed by atoms with Gasteiger partial charge in [-0.3, -0.25) is 0 Å². The Hall–Kier alpha value is -2.81. The third-order valence-corrected chi connectivity index (χ3v) is 4.37. The number of hydrogen-bond acceptors (Lipinski definition) is 3. The van der Waals surface area contributed by atoms with Crippen molar-refractivity contribution in [3.8, 4) is 6.07 Å². The maximum Gasteiger partial charge on any atom is 0.342 e. The third kappa shape index (κ3) is 3.72. The molecular weight excluding hydrogens is 371 g/mol. The lowest BCUT2D eigenvalue weighted by Crippen LogP contribution is -2.41. The van der Waals surface area contributed by atoms with Crippen molar-refractivity contribution in [2.24, 2.45) is 5.10 Å². The number of benzene rings is 2. The van der Waals surface area contributed by atoms with Crippen molar-refractivity contribution in [2.75, 3.05) is 11.6 Å². The van der Waals surface area contributed by atoms with E-state index in [1.54, 1.807) is 36.6 Å². The smallest absolute Gasteiger partial charge is 0.331 e. The summed E-state index contributed by atoms with van der Waals surface area (Å²) in [4.78, 5) is 11.9. The molecule has 0 aromatic heterocycles. The van der Waals surface area contributed by atoms with E-state index in [9.17, 15) is 10.1 Å². The minimum Gasteiger partial charge on any atom is -0.331 e. The highest BCUT2D eigenvalue weighted by Crippen LogP contribution is 2.33. The molecule has 1 heterocycles. The standard InChI is InChI=1S/C19H14Cl2N4O/c1-12-8-16(25-19(26)23-6-7-24-25)10-17(21)18(12)14(11-22)9-13-2-4-15(20)5-3-13/h2-5,7-10H,6H2,1H3,(H,23,26)/b14-9+. The lowest BCUT2D eigenvalue weighted by Gasteiger charge is -2.22. The van der Waals surface area contributed by atoms with Crippen molar-refractivity contribution < 1.29 is 4.79 Å². The van der Waals surface area contributed by atoms with Gasteiger partial charge in [0, 0.05) is 16.8 Å². The molecule has 0 spiro atoms. The fourth-order valence-electron chi connectivity index (χ4n) is 2.64. The van der Waals surface area contributed by atoms with Gasteiger partial charge >= 0.3 is 6.03 Å². The van der Waals surface area contributed by atoms with Gasteiger partial charge in [0.1, 0.15) is 0 Å². The van der Waals surface area contributed by atoms with Crippen molar-refractivity contribution in [2.45, 2.75) is 6.92 Å². The molecule has 2 aromatic rings. The molecule has 2 amide bonds. The molecule has 0 unspecified atom stereocenters. The van der Waals surface area contributed by atoms with E-state index in [1.807, 2.05) is 19.1 Å². The maximum absolute atomic E-state index is 11.9. The van der Waals surface area contributed by atoms with Gasteiger partial charge < -0.3 is 5.32 Å². The SMILES string of the molecule is Cc1cc(N2N=CCNC2=O)cc(Cl)c1/C(C#N)=C/c1ccc(Cl)cc1. The molecule has 2 aromatic carbocycles. The molecule has 130 valence electrons. The molecule has 5 nitrogen and oxygen atoms in total. The molecule has 0 atom stereocenters. The molecule has 0 bridgehead atoms. The second-order valence-corrected chi connectivity index (χ2v) is 6.48. The monoisotopic (exact) mass is 384 g/mol. The van der Waals surface area contributed by atoms with E-state index in [2.05, 4.69) is 16.5 Å². The number of hydrazone groups is 1. The molecule has 0 saturated carbocycles. The lowest BCUT2D eigenvalue weighted by atomic mass is 9.98. The van der Waals surface area contributed by atoms with Crippen LogP contribution in [-0.2, 0) is 0 Å². The van der Waals surface area contributed by atoms with Crippen molar-refractivity contribution in [3.63, 3.8) is 0 Å². The Morgan fingerprint density at radius 3 is 2.65 bits per heavy atom. The number of rotatable bonds is 3. The highest BCUT2D eigenvalue weighted by atomic mass is 35.5. The van der Waals surface area contributed by atoms with Crippen LogP contribution in [0.15, 0.2) is 41.5 Å². The molecular formula is C19H14Cl2N4O.